The van der Waals surface area contributed by atoms with E-state index in [0.717, 1.165) is 0 Å². The number of hydrogen-bond donors (Lipinski definition) is 0. The Bertz CT molecular complexity index is 457. The van der Waals surface area contributed by atoms with E-state index in [1.165, 1.54) is 24.3 Å². The molecule has 0 aliphatic carbocycles. The SMILES string of the molecule is C#CCC(C)CC(=O)c1ccc([N+](=O)[O-])cc1. The number of hydrogen-bond acceptors (Lipinski definition) is 3. The molecule has 0 saturated heterocycles. The summed E-state index contributed by atoms with van der Waals surface area (Å²) in [4.78, 5) is 21.7. The summed E-state index contributed by atoms with van der Waals surface area (Å²) in [7, 11) is 0. The summed E-state index contributed by atoms with van der Waals surface area (Å²) in [5, 5.41) is 10.4. The second-order valence-corrected chi connectivity index (χ2v) is 3.94. The number of rotatable bonds is 5. The smallest absolute Gasteiger partial charge is 0.269 e. The van der Waals surface area contributed by atoms with E-state index in [0.29, 0.717) is 18.4 Å². The molecule has 0 heterocycles. The molecule has 0 radical (unpaired) electrons. The van der Waals surface area contributed by atoms with E-state index < -0.39 is 4.92 Å². The number of non-ortho nitro benzene ring substituents is 1. The first-order chi connectivity index (χ1) is 8.04. The van der Waals surface area contributed by atoms with E-state index in [-0.39, 0.29) is 17.4 Å². The molecule has 17 heavy (non-hydrogen) atoms. The lowest BCUT2D eigenvalue weighted by Gasteiger charge is -2.06. The van der Waals surface area contributed by atoms with Crippen LogP contribution in [0, 0.1) is 28.4 Å². The molecule has 1 atom stereocenters. The van der Waals surface area contributed by atoms with Gasteiger partial charge in [0.25, 0.3) is 5.69 Å². The lowest BCUT2D eigenvalue weighted by molar-refractivity contribution is -0.384. The number of ketones is 1. The van der Waals surface area contributed by atoms with Gasteiger partial charge in [-0.05, 0) is 18.1 Å². The summed E-state index contributed by atoms with van der Waals surface area (Å²) in [6.45, 7) is 1.91. The number of Topliss-reactive ketones (excluding diaryl/α,β-unsaturated/α-hetero) is 1. The van der Waals surface area contributed by atoms with E-state index in [9.17, 15) is 14.9 Å². The maximum atomic E-state index is 11.8. The van der Waals surface area contributed by atoms with Crippen LogP contribution in [0.3, 0.4) is 0 Å². The van der Waals surface area contributed by atoms with E-state index in [4.69, 9.17) is 6.42 Å². The van der Waals surface area contributed by atoms with Crippen molar-refractivity contribution in [1.29, 1.82) is 0 Å². The third-order valence-electron chi connectivity index (χ3n) is 2.40. The summed E-state index contributed by atoms with van der Waals surface area (Å²) in [6, 6.07) is 5.62. The molecule has 0 amide bonds. The molecular formula is C13H13NO3. The number of benzene rings is 1. The Morgan fingerprint density at radius 1 is 1.47 bits per heavy atom. The van der Waals surface area contributed by atoms with Crippen molar-refractivity contribution >= 4 is 11.5 Å². The van der Waals surface area contributed by atoms with Crippen molar-refractivity contribution in [2.24, 2.45) is 5.92 Å². The summed E-state index contributed by atoms with van der Waals surface area (Å²) in [6.07, 6.45) is 6.08. The molecule has 0 fully saturated rings. The number of carbonyl (C=O) groups excluding carboxylic acids is 1. The molecule has 0 aliphatic heterocycles. The Morgan fingerprint density at radius 3 is 2.53 bits per heavy atom. The van der Waals surface area contributed by atoms with Gasteiger partial charge in [-0.15, -0.1) is 12.3 Å². The van der Waals surface area contributed by atoms with Gasteiger partial charge in [-0.3, -0.25) is 14.9 Å². The third-order valence-corrected chi connectivity index (χ3v) is 2.40. The Labute approximate surface area is 99.8 Å². The van der Waals surface area contributed by atoms with Gasteiger partial charge in [-0.2, -0.15) is 0 Å². The molecule has 1 rings (SSSR count). The first kappa shape index (κ1) is 12.9. The molecule has 1 aromatic rings. The molecule has 88 valence electrons. The fourth-order valence-corrected chi connectivity index (χ4v) is 1.48. The molecule has 0 saturated carbocycles. The second kappa shape index (κ2) is 5.80. The highest BCUT2D eigenvalue weighted by atomic mass is 16.6. The van der Waals surface area contributed by atoms with Gasteiger partial charge in [0.1, 0.15) is 0 Å². The predicted octanol–water partition coefficient (Wildman–Crippen LogP) is 2.83. The topological polar surface area (TPSA) is 60.2 Å². The summed E-state index contributed by atoms with van der Waals surface area (Å²) in [5.41, 5.74) is 0.470. The van der Waals surface area contributed by atoms with Crippen LogP contribution in [-0.2, 0) is 0 Å². The van der Waals surface area contributed by atoms with Crippen LogP contribution in [0.1, 0.15) is 30.1 Å². The number of terminal acetylenes is 1. The van der Waals surface area contributed by atoms with Crippen molar-refractivity contribution in [3.05, 3.63) is 39.9 Å². The van der Waals surface area contributed by atoms with Gasteiger partial charge in [0.05, 0.1) is 4.92 Å². The molecule has 0 aliphatic rings. The molecule has 4 nitrogen and oxygen atoms in total. The highest BCUT2D eigenvalue weighted by Crippen LogP contribution is 2.16. The normalized spacial score (nSPS) is 11.5. The van der Waals surface area contributed by atoms with Crippen molar-refractivity contribution in [3.8, 4) is 12.3 Å². The van der Waals surface area contributed by atoms with Gasteiger partial charge < -0.3 is 0 Å². The summed E-state index contributed by atoms with van der Waals surface area (Å²) in [5.74, 6) is 2.60. The fraction of sp³-hybridized carbons (Fsp3) is 0.308. The standard InChI is InChI=1S/C13H13NO3/c1-3-4-10(2)9-13(15)11-5-7-12(8-6-11)14(16)17/h1,5-8,10H,4,9H2,2H3. The molecule has 0 aromatic heterocycles. The highest BCUT2D eigenvalue weighted by molar-refractivity contribution is 5.96. The van der Waals surface area contributed by atoms with Crippen molar-refractivity contribution in [1.82, 2.24) is 0 Å². The highest BCUT2D eigenvalue weighted by Gasteiger charge is 2.12. The molecular weight excluding hydrogens is 218 g/mol. The number of nitrogens with zero attached hydrogens (tertiary/aromatic N) is 1. The predicted molar refractivity (Wildman–Crippen MR) is 64.7 cm³/mol. The number of nitro benzene ring substituents is 1. The largest absolute Gasteiger partial charge is 0.294 e. The maximum absolute atomic E-state index is 11.8. The minimum Gasteiger partial charge on any atom is -0.294 e. The van der Waals surface area contributed by atoms with E-state index in [1.54, 1.807) is 0 Å². The minimum atomic E-state index is -0.491. The monoisotopic (exact) mass is 231 g/mol. The van der Waals surface area contributed by atoms with Gasteiger partial charge in [0.15, 0.2) is 5.78 Å². The third kappa shape index (κ3) is 3.72. The first-order valence-corrected chi connectivity index (χ1v) is 5.25. The summed E-state index contributed by atoms with van der Waals surface area (Å²) < 4.78 is 0. The zero-order valence-corrected chi connectivity index (χ0v) is 9.55. The average Bonchev–Trinajstić information content (AvgIpc) is 2.29. The zero-order chi connectivity index (χ0) is 12.8. The van der Waals surface area contributed by atoms with Crippen LogP contribution >= 0.6 is 0 Å². The Kier molecular flexibility index (Phi) is 4.41. The van der Waals surface area contributed by atoms with E-state index >= 15 is 0 Å². The molecule has 0 spiro atoms. The van der Waals surface area contributed by atoms with Crippen molar-refractivity contribution in [2.45, 2.75) is 19.8 Å². The van der Waals surface area contributed by atoms with Crippen LogP contribution in [0.5, 0.6) is 0 Å². The van der Waals surface area contributed by atoms with Crippen LogP contribution in [-0.4, -0.2) is 10.7 Å². The van der Waals surface area contributed by atoms with Gasteiger partial charge in [-0.1, -0.05) is 6.92 Å². The first-order valence-electron chi connectivity index (χ1n) is 5.25. The zero-order valence-electron chi connectivity index (χ0n) is 9.55. The molecule has 0 bridgehead atoms. The molecule has 0 N–H and O–H groups in total. The number of carbonyl (C=O) groups is 1. The van der Waals surface area contributed by atoms with Gasteiger partial charge in [0.2, 0.25) is 0 Å². The van der Waals surface area contributed by atoms with Crippen LogP contribution < -0.4 is 0 Å². The van der Waals surface area contributed by atoms with Gasteiger partial charge in [0, 0.05) is 30.5 Å². The van der Waals surface area contributed by atoms with E-state index in [2.05, 4.69) is 5.92 Å². The second-order valence-electron chi connectivity index (χ2n) is 3.94. The molecule has 1 aromatic carbocycles. The summed E-state index contributed by atoms with van der Waals surface area (Å²) >= 11 is 0. The Balaban J connectivity index is 2.70. The van der Waals surface area contributed by atoms with Crippen LogP contribution in [0.4, 0.5) is 5.69 Å². The molecule has 1 unspecified atom stereocenters. The van der Waals surface area contributed by atoms with Crippen molar-refractivity contribution in [2.75, 3.05) is 0 Å². The number of nitro groups is 1. The fourth-order valence-electron chi connectivity index (χ4n) is 1.48. The molecule has 4 heteroatoms. The van der Waals surface area contributed by atoms with Crippen LogP contribution in [0.15, 0.2) is 24.3 Å². The van der Waals surface area contributed by atoms with Crippen LogP contribution in [0.2, 0.25) is 0 Å². The van der Waals surface area contributed by atoms with Gasteiger partial charge in [-0.25, -0.2) is 0 Å². The van der Waals surface area contributed by atoms with Crippen LogP contribution in [0.25, 0.3) is 0 Å². The average molecular weight is 231 g/mol. The quantitative estimate of drug-likeness (QED) is 0.339. The maximum Gasteiger partial charge on any atom is 0.269 e. The lowest BCUT2D eigenvalue weighted by Crippen LogP contribution is -2.05. The minimum absolute atomic E-state index is 0.0155. The van der Waals surface area contributed by atoms with E-state index in [1.807, 2.05) is 6.92 Å². The van der Waals surface area contributed by atoms with Crippen molar-refractivity contribution in [3.63, 3.8) is 0 Å². The van der Waals surface area contributed by atoms with Gasteiger partial charge >= 0.3 is 0 Å². The Morgan fingerprint density at radius 2 is 2.06 bits per heavy atom. The van der Waals surface area contributed by atoms with Crippen molar-refractivity contribution < 1.29 is 9.72 Å². The lowest BCUT2D eigenvalue weighted by atomic mass is 9.97. The Hall–Kier alpha value is -2.15.